The van der Waals surface area contributed by atoms with E-state index in [4.69, 9.17) is 18.9 Å². The van der Waals surface area contributed by atoms with Gasteiger partial charge < -0.3 is 18.9 Å². The molecule has 0 aliphatic rings. The Morgan fingerprint density at radius 3 is 1.39 bits per heavy atom. The standard InChI is InChI=1S/C43H36O8/c1-10-37(44)50-39-28(8)38(33-16-14-31(15-17-33)32-18-22-35(23-19-32)49-42(46)26(4)5)29(9)40(51-43(47)27(6)7)36(39)24-13-30-11-20-34(21-12-30)48-41(45)25(2)3/h10-12,14-23H,1-2,4,6H2,3,5,7-9H3. The molecular formula is C43H36O8. The van der Waals surface area contributed by atoms with Crippen molar-refractivity contribution in [2.75, 3.05) is 0 Å². The van der Waals surface area contributed by atoms with Crippen molar-refractivity contribution in [3.05, 3.63) is 144 Å². The first kappa shape index (κ1) is 37.1. The minimum Gasteiger partial charge on any atom is -0.423 e. The average molecular weight is 681 g/mol. The number of hydrogen-bond acceptors (Lipinski definition) is 8. The van der Waals surface area contributed by atoms with Crippen LogP contribution >= 0.6 is 0 Å². The summed E-state index contributed by atoms with van der Waals surface area (Å²) in [5.74, 6) is 4.49. The first-order valence-corrected chi connectivity index (χ1v) is 15.7. The van der Waals surface area contributed by atoms with Crippen LogP contribution in [-0.4, -0.2) is 23.9 Å². The average Bonchev–Trinajstić information content (AvgIpc) is 3.10. The fourth-order valence-electron chi connectivity index (χ4n) is 4.78. The van der Waals surface area contributed by atoms with Gasteiger partial charge in [0.25, 0.3) is 0 Å². The van der Waals surface area contributed by atoms with Crippen molar-refractivity contribution in [2.45, 2.75) is 34.6 Å². The van der Waals surface area contributed by atoms with Crippen molar-refractivity contribution in [1.82, 2.24) is 0 Å². The highest BCUT2D eigenvalue weighted by Gasteiger charge is 2.25. The van der Waals surface area contributed by atoms with Crippen LogP contribution in [0.2, 0.25) is 0 Å². The summed E-state index contributed by atoms with van der Waals surface area (Å²) in [4.78, 5) is 49.4. The summed E-state index contributed by atoms with van der Waals surface area (Å²) in [5.41, 5.74) is 5.76. The minimum absolute atomic E-state index is 0.0912. The summed E-state index contributed by atoms with van der Waals surface area (Å²) in [6.07, 6.45) is 1.03. The van der Waals surface area contributed by atoms with E-state index < -0.39 is 23.9 Å². The molecule has 0 aliphatic carbocycles. The Hall–Kier alpha value is -6.72. The first-order chi connectivity index (χ1) is 24.2. The molecule has 256 valence electrons. The molecule has 0 aromatic heterocycles. The lowest BCUT2D eigenvalue weighted by atomic mass is 9.90. The molecule has 8 heteroatoms. The van der Waals surface area contributed by atoms with Gasteiger partial charge in [-0.2, -0.15) is 0 Å². The van der Waals surface area contributed by atoms with E-state index in [1.54, 1.807) is 64.1 Å². The fourth-order valence-corrected chi connectivity index (χ4v) is 4.78. The molecule has 0 bridgehead atoms. The van der Waals surface area contributed by atoms with Crippen LogP contribution in [0, 0.1) is 25.7 Å². The summed E-state index contributed by atoms with van der Waals surface area (Å²) in [6.45, 7) is 22.7. The van der Waals surface area contributed by atoms with E-state index in [2.05, 4.69) is 38.2 Å². The number of benzene rings is 4. The topological polar surface area (TPSA) is 105 Å². The molecular weight excluding hydrogens is 644 g/mol. The molecule has 0 spiro atoms. The van der Waals surface area contributed by atoms with Gasteiger partial charge in [-0.05, 0) is 93.3 Å². The highest BCUT2D eigenvalue weighted by Crippen LogP contribution is 2.44. The van der Waals surface area contributed by atoms with Crippen molar-refractivity contribution in [3.63, 3.8) is 0 Å². The van der Waals surface area contributed by atoms with Gasteiger partial charge in [-0.15, -0.1) is 0 Å². The quantitative estimate of drug-likeness (QED) is 0.0710. The van der Waals surface area contributed by atoms with Crippen LogP contribution in [-0.2, 0) is 19.2 Å². The lowest BCUT2D eigenvalue weighted by Gasteiger charge is -2.21. The van der Waals surface area contributed by atoms with Crippen LogP contribution < -0.4 is 18.9 Å². The van der Waals surface area contributed by atoms with Crippen LogP contribution in [0.4, 0.5) is 0 Å². The normalized spacial score (nSPS) is 10.1. The van der Waals surface area contributed by atoms with Gasteiger partial charge in [-0.25, -0.2) is 19.2 Å². The maximum Gasteiger partial charge on any atom is 0.338 e. The summed E-state index contributed by atoms with van der Waals surface area (Å²) in [7, 11) is 0. The predicted octanol–water partition coefficient (Wildman–Crippen LogP) is 8.57. The maximum atomic E-state index is 12.9. The van der Waals surface area contributed by atoms with Gasteiger partial charge in [0.1, 0.15) is 17.1 Å². The van der Waals surface area contributed by atoms with Gasteiger partial charge in [0.15, 0.2) is 11.5 Å². The molecule has 0 saturated carbocycles. The molecule has 4 aromatic rings. The van der Waals surface area contributed by atoms with E-state index in [9.17, 15) is 19.2 Å². The lowest BCUT2D eigenvalue weighted by molar-refractivity contribution is -0.131. The van der Waals surface area contributed by atoms with Crippen molar-refractivity contribution in [1.29, 1.82) is 0 Å². The molecule has 0 atom stereocenters. The molecule has 0 N–H and O–H groups in total. The Balaban J connectivity index is 1.82. The van der Waals surface area contributed by atoms with E-state index in [0.29, 0.717) is 39.3 Å². The summed E-state index contributed by atoms with van der Waals surface area (Å²) in [5, 5.41) is 0. The Bertz CT molecular complexity index is 2150. The molecule has 4 aromatic carbocycles. The third-order valence-corrected chi connectivity index (χ3v) is 7.46. The van der Waals surface area contributed by atoms with Gasteiger partial charge in [0, 0.05) is 39.5 Å². The molecule has 0 aliphatic heterocycles. The maximum absolute atomic E-state index is 12.9. The second kappa shape index (κ2) is 16.1. The smallest absolute Gasteiger partial charge is 0.338 e. The molecule has 0 fully saturated rings. The fraction of sp³-hybridized carbons (Fsp3) is 0.116. The summed E-state index contributed by atoms with van der Waals surface area (Å²) < 4.78 is 22.2. The zero-order chi connectivity index (χ0) is 37.4. The van der Waals surface area contributed by atoms with Crippen LogP contribution in [0.3, 0.4) is 0 Å². The van der Waals surface area contributed by atoms with Gasteiger partial charge >= 0.3 is 23.9 Å². The van der Waals surface area contributed by atoms with E-state index in [0.717, 1.165) is 22.8 Å². The predicted molar refractivity (Wildman–Crippen MR) is 196 cm³/mol. The number of ether oxygens (including phenoxy) is 4. The summed E-state index contributed by atoms with van der Waals surface area (Å²) >= 11 is 0. The van der Waals surface area contributed by atoms with Gasteiger partial charge in [0.2, 0.25) is 0 Å². The zero-order valence-corrected chi connectivity index (χ0v) is 29.1. The second-order valence-corrected chi connectivity index (χ2v) is 11.7. The molecule has 0 heterocycles. The number of esters is 4. The molecule has 4 rings (SSSR count). The second-order valence-electron chi connectivity index (χ2n) is 11.7. The minimum atomic E-state index is -0.732. The SMILES string of the molecule is C=CC(=O)Oc1c(C)c(-c2ccc(-c3ccc(OC(=O)C(=C)C)cc3)cc2)c(C)c(OC(=O)C(=C)C)c1C#Cc1ccc(OC(=O)C(=C)C)cc1. The number of rotatable bonds is 10. The van der Waals surface area contributed by atoms with E-state index >= 15 is 0 Å². The van der Waals surface area contributed by atoms with Crippen molar-refractivity contribution >= 4 is 23.9 Å². The van der Waals surface area contributed by atoms with Gasteiger partial charge in [0.05, 0.1) is 0 Å². The van der Waals surface area contributed by atoms with Crippen LogP contribution in [0.25, 0.3) is 22.3 Å². The monoisotopic (exact) mass is 680 g/mol. The van der Waals surface area contributed by atoms with Gasteiger partial charge in [-0.3, -0.25) is 0 Å². The number of carbonyl (C=O) groups is 4. The number of hydrogen-bond donors (Lipinski definition) is 0. The highest BCUT2D eigenvalue weighted by atomic mass is 16.6. The Morgan fingerprint density at radius 2 is 0.941 bits per heavy atom. The Kier molecular flexibility index (Phi) is 11.7. The van der Waals surface area contributed by atoms with E-state index in [-0.39, 0.29) is 28.2 Å². The highest BCUT2D eigenvalue weighted by molar-refractivity contribution is 5.92. The number of carbonyl (C=O) groups excluding carboxylic acids is 4. The van der Waals surface area contributed by atoms with Crippen molar-refractivity contribution in [3.8, 4) is 57.1 Å². The molecule has 0 radical (unpaired) electrons. The third kappa shape index (κ3) is 9.05. The largest absolute Gasteiger partial charge is 0.423 e. The van der Waals surface area contributed by atoms with E-state index in [1.165, 1.54) is 6.92 Å². The van der Waals surface area contributed by atoms with Crippen LogP contribution in [0.1, 0.15) is 43.0 Å². The van der Waals surface area contributed by atoms with Crippen LogP contribution in [0.15, 0.2) is 122 Å². The van der Waals surface area contributed by atoms with Gasteiger partial charge in [-0.1, -0.05) is 74.6 Å². The molecule has 0 amide bonds. The molecule has 8 nitrogen and oxygen atoms in total. The van der Waals surface area contributed by atoms with E-state index in [1.807, 2.05) is 36.4 Å². The Morgan fingerprint density at radius 1 is 0.549 bits per heavy atom. The van der Waals surface area contributed by atoms with Crippen molar-refractivity contribution in [2.24, 2.45) is 0 Å². The zero-order valence-electron chi connectivity index (χ0n) is 29.1. The molecule has 51 heavy (non-hydrogen) atoms. The Labute approximate surface area is 297 Å². The third-order valence-electron chi connectivity index (χ3n) is 7.46. The summed E-state index contributed by atoms with van der Waals surface area (Å²) in [6, 6.07) is 21.2. The molecule has 0 saturated heterocycles. The lowest BCUT2D eigenvalue weighted by Crippen LogP contribution is -2.14. The molecule has 0 unspecified atom stereocenters. The first-order valence-electron chi connectivity index (χ1n) is 15.7. The van der Waals surface area contributed by atoms with Crippen molar-refractivity contribution < 1.29 is 38.1 Å². The van der Waals surface area contributed by atoms with Crippen LogP contribution in [0.5, 0.6) is 23.0 Å².